The van der Waals surface area contributed by atoms with Gasteiger partial charge in [0.1, 0.15) is 0 Å². The molecular formula is C9H14ClN5O. The van der Waals surface area contributed by atoms with Gasteiger partial charge in [0.05, 0.1) is 7.11 Å². The van der Waals surface area contributed by atoms with Gasteiger partial charge in [0.15, 0.2) is 0 Å². The average molecular weight is 244 g/mol. The smallest absolute Gasteiger partial charge is 0.322 e. The second kappa shape index (κ2) is 5.27. The number of hydrogen-bond acceptors (Lipinski definition) is 6. The van der Waals surface area contributed by atoms with Crippen molar-refractivity contribution in [2.24, 2.45) is 0 Å². The number of aromatic nitrogens is 3. The van der Waals surface area contributed by atoms with E-state index in [2.05, 4.69) is 25.6 Å². The zero-order chi connectivity index (χ0) is 11.4. The standard InChI is InChI=1S/C9H14ClN5O/c1-16-9-14-7(10)13-8(15-9)12-5-6-3-2-4-11-6/h6,11H,2-5H2,1H3,(H,12,13,14,15). The molecule has 16 heavy (non-hydrogen) atoms. The van der Waals surface area contributed by atoms with Crippen molar-refractivity contribution in [3.63, 3.8) is 0 Å². The van der Waals surface area contributed by atoms with Crippen molar-refractivity contribution in [1.82, 2.24) is 20.3 Å². The summed E-state index contributed by atoms with van der Waals surface area (Å²) in [7, 11) is 1.49. The number of rotatable bonds is 4. The van der Waals surface area contributed by atoms with E-state index in [-0.39, 0.29) is 11.3 Å². The molecule has 6 nitrogen and oxygen atoms in total. The second-order valence-corrected chi connectivity index (χ2v) is 3.93. The normalized spacial score (nSPS) is 19.8. The Bertz CT molecular complexity index is 356. The third-order valence-electron chi connectivity index (χ3n) is 2.44. The molecule has 1 aromatic rings. The van der Waals surface area contributed by atoms with E-state index >= 15 is 0 Å². The average Bonchev–Trinajstić information content (AvgIpc) is 2.78. The predicted octanol–water partition coefficient (Wildman–Crippen LogP) is 0.697. The van der Waals surface area contributed by atoms with Crippen LogP contribution in [0.25, 0.3) is 0 Å². The van der Waals surface area contributed by atoms with Crippen LogP contribution in [0.15, 0.2) is 0 Å². The first-order chi connectivity index (χ1) is 7.78. The minimum Gasteiger partial charge on any atom is -0.467 e. The van der Waals surface area contributed by atoms with E-state index in [1.807, 2.05) is 0 Å². The van der Waals surface area contributed by atoms with Gasteiger partial charge in [0, 0.05) is 12.6 Å². The van der Waals surface area contributed by atoms with E-state index in [1.54, 1.807) is 0 Å². The van der Waals surface area contributed by atoms with Crippen LogP contribution in [0.1, 0.15) is 12.8 Å². The van der Waals surface area contributed by atoms with Crippen LogP contribution in [0.5, 0.6) is 6.01 Å². The minimum atomic E-state index is 0.133. The maximum absolute atomic E-state index is 5.73. The lowest BCUT2D eigenvalue weighted by molar-refractivity contribution is 0.378. The van der Waals surface area contributed by atoms with E-state index in [9.17, 15) is 0 Å². The molecule has 0 amide bonds. The van der Waals surface area contributed by atoms with E-state index in [0.29, 0.717) is 12.0 Å². The van der Waals surface area contributed by atoms with Crippen LogP contribution in [0, 0.1) is 0 Å². The van der Waals surface area contributed by atoms with Crippen molar-refractivity contribution in [1.29, 1.82) is 0 Å². The summed E-state index contributed by atoms with van der Waals surface area (Å²) in [6, 6.07) is 0.698. The number of nitrogens with one attached hydrogen (secondary N) is 2. The molecule has 1 aliphatic rings. The van der Waals surface area contributed by atoms with Gasteiger partial charge in [0.25, 0.3) is 0 Å². The van der Waals surface area contributed by atoms with E-state index in [4.69, 9.17) is 16.3 Å². The molecule has 1 atom stereocenters. The van der Waals surface area contributed by atoms with E-state index in [1.165, 1.54) is 20.0 Å². The quantitative estimate of drug-likeness (QED) is 0.811. The molecule has 1 fully saturated rings. The topological polar surface area (TPSA) is 72.0 Å². The third-order valence-corrected chi connectivity index (χ3v) is 2.61. The van der Waals surface area contributed by atoms with Gasteiger partial charge >= 0.3 is 6.01 Å². The fourth-order valence-electron chi connectivity index (χ4n) is 1.65. The molecule has 2 N–H and O–H groups in total. The summed E-state index contributed by atoms with van der Waals surface area (Å²) in [5, 5.41) is 6.62. The summed E-state index contributed by atoms with van der Waals surface area (Å²) in [5.74, 6) is 0.450. The maximum Gasteiger partial charge on any atom is 0.322 e. The Morgan fingerprint density at radius 3 is 3.06 bits per heavy atom. The molecule has 2 heterocycles. The summed E-state index contributed by atoms with van der Waals surface area (Å²) < 4.78 is 4.91. The van der Waals surface area contributed by atoms with Crippen LogP contribution in [0.2, 0.25) is 5.28 Å². The van der Waals surface area contributed by atoms with Crippen molar-refractivity contribution in [2.75, 3.05) is 25.5 Å². The minimum absolute atomic E-state index is 0.133. The highest BCUT2D eigenvalue weighted by Crippen LogP contribution is 2.11. The van der Waals surface area contributed by atoms with Crippen molar-refractivity contribution < 1.29 is 4.74 Å². The SMILES string of the molecule is COc1nc(Cl)nc(NCC2CCCN2)n1. The molecular weight excluding hydrogens is 230 g/mol. The van der Waals surface area contributed by atoms with E-state index < -0.39 is 0 Å². The first-order valence-corrected chi connectivity index (χ1v) is 5.58. The zero-order valence-corrected chi connectivity index (χ0v) is 9.79. The predicted molar refractivity (Wildman–Crippen MR) is 60.9 cm³/mol. The first kappa shape index (κ1) is 11.3. The molecule has 0 radical (unpaired) electrons. The molecule has 88 valence electrons. The summed E-state index contributed by atoms with van der Waals surface area (Å²) in [5.41, 5.74) is 0. The third kappa shape index (κ3) is 2.93. The Labute approximate surface area is 98.8 Å². The molecule has 1 saturated heterocycles. The van der Waals surface area contributed by atoms with E-state index in [0.717, 1.165) is 13.1 Å². The number of halogens is 1. The Morgan fingerprint density at radius 1 is 1.50 bits per heavy atom. The van der Waals surface area contributed by atoms with Gasteiger partial charge in [-0.05, 0) is 31.0 Å². The van der Waals surface area contributed by atoms with Gasteiger partial charge < -0.3 is 15.4 Å². The van der Waals surface area contributed by atoms with Crippen LogP contribution in [-0.4, -0.2) is 41.2 Å². The number of ether oxygens (including phenoxy) is 1. The first-order valence-electron chi connectivity index (χ1n) is 5.21. The highest BCUT2D eigenvalue weighted by atomic mass is 35.5. The molecule has 0 aromatic carbocycles. The van der Waals surface area contributed by atoms with Crippen LogP contribution < -0.4 is 15.4 Å². The van der Waals surface area contributed by atoms with Gasteiger partial charge in [-0.25, -0.2) is 0 Å². The van der Waals surface area contributed by atoms with Crippen molar-refractivity contribution in [3.8, 4) is 6.01 Å². The monoisotopic (exact) mass is 243 g/mol. The number of hydrogen-bond donors (Lipinski definition) is 2. The molecule has 2 rings (SSSR count). The lowest BCUT2D eigenvalue weighted by atomic mass is 10.2. The summed E-state index contributed by atoms with van der Waals surface area (Å²) in [4.78, 5) is 11.8. The van der Waals surface area contributed by atoms with Gasteiger partial charge in [-0.3, -0.25) is 0 Å². The molecule has 1 unspecified atom stereocenters. The summed E-state index contributed by atoms with van der Waals surface area (Å²) >= 11 is 5.73. The van der Waals surface area contributed by atoms with Gasteiger partial charge in [-0.2, -0.15) is 15.0 Å². The van der Waals surface area contributed by atoms with Gasteiger partial charge in [0.2, 0.25) is 11.2 Å². The van der Waals surface area contributed by atoms with Crippen LogP contribution in [-0.2, 0) is 0 Å². The fraction of sp³-hybridized carbons (Fsp3) is 0.667. The van der Waals surface area contributed by atoms with Crippen LogP contribution in [0.3, 0.4) is 0 Å². The van der Waals surface area contributed by atoms with Crippen molar-refractivity contribution in [3.05, 3.63) is 5.28 Å². The number of methoxy groups -OCH3 is 1. The van der Waals surface area contributed by atoms with Gasteiger partial charge in [-0.15, -0.1) is 0 Å². The van der Waals surface area contributed by atoms with Crippen molar-refractivity contribution in [2.45, 2.75) is 18.9 Å². The largest absolute Gasteiger partial charge is 0.467 e. The maximum atomic E-state index is 5.73. The van der Waals surface area contributed by atoms with Gasteiger partial charge in [-0.1, -0.05) is 0 Å². The molecule has 1 aromatic heterocycles. The fourth-order valence-corrected chi connectivity index (χ4v) is 1.80. The van der Waals surface area contributed by atoms with Crippen molar-refractivity contribution >= 4 is 17.5 Å². The molecule has 1 aliphatic heterocycles. The number of anilines is 1. The highest BCUT2D eigenvalue weighted by Gasteiger charge is 2.14. The Morgan fingerprint density at radius 2 is 2.38 bits per heavy atom. The Hall–Kier alpha value is -1.14. The lowest BCUT2D eigenvalue weighted by Crippen LogP contribution is -2.29. The highest BCUT2D eigenvalue weighted by molar-refractivity contribution is 6.28. The lowest BCUT2D eigenvalue weighted by Gasteiger charge is -2.11. The Balaban J connectivity index is 1.94. The molecule has 0 spiro atoms. The summed E-state index contributed by atoms with van der Waals surface area (Å²) in [6.07, 6.45) is 2.39. The zero-order valence-electron chi connectivity index (χ0n) is 9.03. The number of nitrogens with zero attached hydrogens (tertiary/aromatic N) is 3. The molecule has 7 heteroatoms. The van der Waals surface area contributed by atoms with Crippen LogP contribution >= 0.6 is 11.6 Å². The molecule has 0 bridgehead atoms. The van der Waals surface area contributed by atoms with Crippen LogP contribution in [0.4, 0.5) is 5.95 Å². The molecule has 0 saturated carbocycles. The summed E-state index contributed by atoms with van der Waals surface area (Å²) in [6.45, 7) is 1.86. The Kier molecular flexibility index (Phi) is 3.74. The molecule has 0 aliphatic carbocycles. The second-order valence-electron chi connectivity index (χ2n) is 3.59.